The summed E-state index contributed by atoms with van der Waals surface area (Å²) in [6, 6.07) is 6.21. The molecule has 1 aromatic rings. The van der Waals surface area contributed by atoms with E-state index < -0.39 is 0 Å². The molecular weight excluding hydrogens is 347 g/mol. The average Bonchev–Trinajstić information content (AvgIpc) is 2.74. The minimum absolute atomic E-state index is 0.000744. The van der Waals surface area contributed by atoms with E-state index in [0.717, 1.165) is 30.5 Å². The molecule has 0 radical (unpaired) electrons. The molecule has 4 nitrogen and oxygen atoms in total. The van der Waals surface area contributed by atoms with E-state index in [0.29, 0.717) is 16.1 Å². The maximum absolute atomic E-state index is 10.6. The second-order valence-electron chi connectivity index (χ2n) is 6.62. The highest BCUT2D eigenvalue weighted by atomic mass is 35.5. The van der Waals surface area contributed by atoms with Gasteiger partial charge < -0.3 is 5.11 Å². The minimum atomic E-state index is -0.358. The van der Waals surface area contributed by atoms with Gasteiger partial charge in [-0.2, -0.15) is 0 Å². The Morgan fingerprint density at radius 3 is 2.71 bits per heavy atom. The molecule has 6 heteroatoms. The molecule has 0 aliphatic carbocycles. The lowest BCUT2D eigenvalue weighted by Crippen LogP contribution is -2.45. The van der Waals surface area contributed by atoms with E-state index in [-0.39, 0.29) is 18.1 Å². The monoisotopic (exact) mass is 370 g/mol. The van der Waals surface area contributed by atoms with E-state index in [4.69, 9.17) is 28.0 Å². The standard InChI is InChI=1S/C18H24Cl2N2O2/c1-4-15(21-24-3)17-12(10-5-6-13(19)14(20)7-10)8-11-9-16(23)18(17)22(11)2/h5-7,11-12,16,18,21,23H,4,8-9H2,1-3H3/t11?,12-,16?,18-/m1/s1. The third-order valence-corrected chi connectivity index (χ3v) is 6.11. The number of halogens is 2. The molecule has 2 fully saturated rings. The Kier molecular flexibility index (Phi) is 5.42. The lowest BCUT2D eigenvalue weighted by atomic mass is 9.79. The highest BCUT2D eigenvalue weighted by molar-refractivity contribution is 6.42. The quantitative estimate of drug-likeness (QED) is 0.792. The summed E-state index contributed by atoms with van der Waals surface area (Å²) < 4.78 is 0. The molecule has 1 aromatic carbocycles. The van der Waals surface area contributed by atoms with Gasteiger partial charge in [0.15, 0.2) is 0 Å². The van der Waals surface area contributed by atoms with Crippen molar-refractivity contribution in [1.82, 2.24) is 10.4 Å². The van der Waals surface area contributed by atoms with Crippen LogP contribution in [0.4, 0.5) is 0 Å². The first-order chi connectivity index (χ1) is 11.5. The van der Waals surface area contributed by atoms with E-state index in [2.05, 4.69) is 24.4 Å². The van der Waals surface area contributed by atoms with Crippen LogP contribution in [-0.4, -0.2) is 42.4 Å². The van der Waals surface area contributed by atoms with Gasteiger partial charge in [-0.1, -0.05) is 36.2 Å². The minimum Gasteiger partial charge on any atom is -0.391 e. The molecule has 2 saturated heterocycles. The van der Waals surface area contributed by atoms with E-state index in [1.807, 2.05) is 18.2 Å². The zero-order valence-electron chi connectivity index (χ0n) is 14.2. The number of likely N-dealkylation sites (N-methyl/N-ethyl adjacent to an activating group) is 1. The number of allylic oxidation sites excluding steroid dienone is 1. The van der Waals surface area contributed by atoms with Gasteiger partial charge in [0, 0.05) is 17.7 Å². The summed E-state index contributed by atoms with van der Waals surface area (Å²) in [6.45, 7) is 2.09. The Morgan fingerprint density at radius 2 is 2.08 bits per heavy atom. The normalized spacial score (nSPS) is 32.1. The molecule has 2 heterocycles. The van der Waals surface area contributed by atoms with Gasteiger partial charge in [0.05, 0.1) is 29.3 Å². The van der Waals surface area contributed by atoms with E-state index in [1.54, 1.807) is 7.11 Å². The second-order valence-corrected chi connectivity index (χ2v) is 7.44. The van der Waals surface area contributed by atoms with Crippen LogP contribution in [-0.2, 0) is 4.84 Å². The molecule has 132 valence electrons. The van der Waals surface area contributed by atoms with Gasteiger partial charge >= 0.3 is 0 Å². The highest BCUT2D eigenvalue weighted by Crippen LogP contribution is 2.47. The second kappa shape index (κ2) is 7.22. The van der Waals surface area contributed by atoms with Crippen LogP contribution in [0.25, 0.3) is 0 Å². The predicted octanol–water partition coefficient (Wildman–Crippen LogP) is 3.73. The van der Waals surface area contributed by atoms with Crippen LogP contribution in [0, 0.1) is 0 Å². The van der Waals surface area contributed by atoms with Crippen molar-refractivity contribution in [3.63, 3.8) is 0 Å². The molecule has 24 heavy (non-hydrogen) atoms. The highest BCUT2D eigenvalue weighted by Gasteiger charge is 2.48. The largest absolute Gasteiger partial charge is 0.391 e. The van der Waals surface area contributed by atoms with Gasteiger partial charge in [0.25, 0.3) is 0 Å². The number of benzene rings is 1. The average molecular weight is 371 g/mol. The fourth-order valence-electron chi connectivity index (χ4n) is 4.26. The Labute approximate surface area is 153 Å². The van der Waals surface area contributed by atoms with Gasteiger partial charge in [-0.15, -0.1) is 0 Å². The number of hydrogen-bond donors (Lipinski definition) is 2. The number of hydroxylamine groups is 1. The molecule has 2 bridgehead atoms. The summed E-state index contributed by atoms with van der Waals surface area (Å²) in [5.74, 6) is 0.195. The summed E-state index contributed by atoms with van der Waals surface area (Å²) in [5.41, 5.74) is 6.40. The lowest BCUT2D eigenvalue weighted by molar-refractivity contribution is 0.101. The zero-order valence-corrected chi connectivity index (χ0v) is 15.7. The van der Waals surface area contributed by atoms with Crippen molar-refractivity contribution in [3.8, 4) is 0 Å². The molecule has 2 unspecified atom stereocenters. The van der Waals surface area contributed by atoms with Crippen LogP contribution >= 0.6 is 23.2 Å². The number of nitrogens with one attached hydrogen (secondary N) is 1. The summed E-state index contributed by atoms with van der Waals surface area (Å²) in [4.78, 5) is 7.49. The first-order valence-electron chi connectivity index (χ1n) is 8.34. The molecule has 2 aliphatic heterocycles. The third kappa shape index (κ3) is 3.06. The maximum atomic E-state index is 10.6. The van der Waals surface area contributed by atoms with E-state index in [9.17, 15) is 5.11 Å². The molecule has 2 N–H and O–H groups in total. The number of fused-ring (bicyclic) bond motifs is 2. The van der Waals surface area contributed by atoms with Crippen molar-refractivity contribution in [2.24, 2.45) is 0 Å². The van der Waals surface area contributed by atoms with Crippen molar-refractivity contribution in [1.29, 1.82) is 0 Å². The van der Waals surface area contributed by atoms with E-state index in [1.165, 1.54) is 5.57 Å². The number of aliphatic hydroxyl groups excluding tert-OH is 1. The number of piperidine rings is 1. The van der Waals surface area contributed by atoms with Crippen LogP contribution in [0.1, 0.15) is 37.7 Å². The van der Waals surface area contributed by atoms with Gasteiger partial charge in [-0.25, -0.2) is 0 Å². The summed E-state index contributed by atoms with van der Waals surface area (Å²) in [5, 5.41) is 11.8. The SMILES string of the molecule is CCC(NOC)=C1[C@@H](c2ccc(Cl)c(Cl)c2)CC2CC(O)[C@H]1N2C. The van der Waals surface area contributed by atoms with Gasteiger partial charge in [-0.05, 0) is 49.6 Å². The third-order valence-electron chi connectivity index (χ3n) is 5.37. The van der Waals surface area contributed by atoms with Crippen molar-refractivity contribution in [2.45, 2.75) is 50.3 Å². The first-order valence-corrected chi connectivity index (χ1v) is 9.10. The molecule has 0 aromatic heterocycles. The number of rotatable bonds is 4. The Morgan fingerprint density at radius 1 is 1.33 bits per heavy atom. The molecule has 0 spiro atoms. The molecule has 4 atom stereocenters. The summed E-state index contributed by atoms with van der Waals surface area (Å²) in [6.07, 6.45) is 2.20. The number of aliphatic hydroxyl groups is 1. The lowest BCUT2D eigenvalue weighted by Gasteiger charge is -2.40. The van der Waals surface area contributed by atoms with Crippen LogP contribution in [0.5, 0.6) is 0 Å². The Bertz CT molecular complexity index is 650. The maximum Gasteiger partial charge on any atom is 0.0749 e. The zero-order chi connectivity index (χ0) is 17.4. The van der Waals surface area contributed by atoms with Crippen LogP contribution in [0.15, 0.2) is 29.5 Å². The topological polar surface area (TPSA) is 44.7 Å². The Hall–Kier alpha value is -0.780. The molecule has 2 aliphatic rings. The molecule has 3 rings (SSSR count). The van der Waals surface area contributed by atoms with Crippen LogP contribution in [0.2, 0.25) is 10.0 Å². The van der Waals surface area contributed by atoms with Gasteiger partial charge in [0.1, 0.15) is 0 Å². The molecule has 0 saturated carbocycles. The summed E-state index contributed by atoms with van der Waals surface area (Å²) >= 11 is 12.3. The molecular formula is C18H24Cl2N2O2. The smallest absolute Gasteiger partial charge is 0.0749 e. The predicted molar refractivity (Wildman–Crippen MR) is 97.2 cm³/mol. The van der Waals surface area contributed by atoms with Crippen molar-refractivity contribution in [3.05, 3.63) is 45.1 Å². The van der Waals surface area contributed by atoms with E-state index >= 15 is 0 Å². The fourth-order valence-corrected chi connectivity index (χ4v) is 4.57. The van der Waals surface area contributed by atoms with Gasteiger partial charge in [-0.3, -0.25) is 15.2 Å². The first kappa shape index (κ1) is 18.0. The number of nitrogens with zero attached hydrogens (tertiary/aromatic N) is 1. The summed E-state index contributed by atoms with van der Waals surface area (Å²) in [7, 11) is 3.71. The Balaban J connectivity index is 2.10. The van der Waals surface area contributed by atoms with Crippen molar-refractivity contribution < 1.29 is 9.94 Å². The van der Waals surface area contributed by atoms with Crippen LogP contribution in [0.3, 0.4) is 0 Å². The van der Waals surface area contributed by atoms with Gasteiger partial charge in [0.2, 0.25) is 0 Å². The van der Waals surface area contributed by atoms with Crippen molar-refractivity contribution >= 4 is 23.2 Å². The fraction of sp³-hybridized carbons (Fsp3) is 0.556. The van der Waals surface area contributed by atoms with Crippen molar-refractivity contribution in [2.75, 3.05) is 14.2 Å². The van der Waals surface area contributed by atoms with Crippen LogP contribution < -0.4 is 5.48 Å². The number of hydrogen-bond acceptors (Lipinski definition) is 4. The molecule has 0 amide bonds.